The first-order valence-corrected chi connectivity index (χ1v) is 8.01. The fourth-order valence-electron chi connectivity index (χ4n) is 2.34. The molecule has 0 aliphatic carbocycles. The maximum atomic E-state index is 13.4. The maximum Gasteiger partial charge on any atom is 0.260 e. The zero-order chi connectivity index (χ0) is 16.2. The fourth-order valence-corrected chi connectivity index (χ4v) is 3.04. The Kier molecular flexibility index (Phi) is 4.71. The SMILES string of the molecule is O=C(COc1ccc(F)cc1F)N1CCN(c2nccs2)CC1. The van der Waals surface area contributed by atoms with Gasteiger partial charge in [-0.1, -0.05) is 0 Å². The largest absolute Gasteiger partial charge is 0.481 e. The topological polar surface area (TPSA) is 45.7 Å². The van der Waals surface area contributed by atoms with E-state index in [0.29, 0.717) is 26.2 Å². The van der Waals surface area contributed by atoms with Crippen LogP contribution in [-0.2, 0) is 4.79 Å². The first kappa shape index (κ1) is 15.7. The number of hydrogen-bond acceptors (Lipinski definition) is 5. The second-order valence-electron chi connectivity index (χ2n) is 5.05. The van der Waals surface area contributed by atoms with Crippen LogP contribution in [0.1, 0.15) is 0 Å². The number of benzene rings is 1. The van der Waals surface area contributed by atoms with Gasteiger partial charge in [-0.25, -0.2) is 13.8 Å². The number of anilines is 1. The van der Waals surface area contributed by atoms with E-state index in [1.54, 1.807) is 22.4 Å². The van der Waals surface area contributed by atoms with Crippen molar-refractivity contribution in [2.24, 2.45) is 0 Å². The van der Waals surface area contributed by atoms with Crippen LogP contribution in [0.2, 0.25) is 0 Å². The molecule has 0 bridgehead atoms. The molecule has 0 unspecified atom stereocenters. The fraction of sp³-hybridized carbons (Fsp3) is 0.333. The molecule has 1 fully saturated rings. The van der Waals surface area contributed by atoms with E-state index in [0.717, 1.165) is 17.3 Å². The Labute approximate surface area is 136 Å². The number of hydrogen-bond donors (Lipinski definition) is 0. The zero-order valence-corrected chi connectivity index (χ0v) is 13.1. The van der Waals surface area contributed by atoms with Gasteiger partial charge in [0.2, 0.25) is 0 Å². The van der Waals surface area contributed by atoms with E-state index >= 15 is 0 Å². The normalized spacial score (nSPS) is 14.9. The average molecular weight is 339 g/mol. The Bertz CT molecular complexity index is 673. The minimum absolute atomic E-state index is 0.124. The molecular formula is C15H15F2N3O2S. The van der Waals surface area contributed by atoms with Gasteiger partial charge in [0, 0.05) is 43.8 Å². The van der Waals surface area contributed by atoms with Crippen LogP contribution >= 0.6 is 11.3 Å². The predicted octanol–water partition coefficient (Wildman–Crippen LogP) is 2.15. The summed E-state index contributed by atoms with van der Waals surface area (Å²) in [6, 6.07) is 3.00. The van der Waals surface area contributed by atoms with E-state index in [-0.39, 0.29) is 18.3 Å². The highest BCUT2D eigenvalue weighted by atomic mass is 32.1. The molecule has 1 aromatic heterocycles. The molecule has 122 valence electrons. The maximum absolute atomic E-state index is 13.4. The van der Waals surface area contributed by atoms with Crippen molar-refractivity contribution in [1.82, 2.24) is 9.88 Å². The second kappa shape index (κ2) is 6.91. The summed E-state index contributed by atoms with van der Waals surface area (Å²) in [5.41, 5.74) is 0. The Morgan fingerprint density at radius 3 is 2.70 bits per heavy atom. The Morgan fingerprint density at radius 2 is 2.04 bits per heavy atom. The van der Waals surface area contributed by atoms with Gasteiger partial charge in [0.1, 0.15) is 5.82 Å². The Morgan fingerprint density at radius 1 is 1.26 bits per heavy atom. The number of aromatic nitrogens is 1. The molecule has 2 aromatic rings. The molecule has 0 spiro atoms. The van der Waals surface area contributed by atoms with Gasteiger partial charge < -0.3 is 14.5 Å². The van der Waals surface area contributed by atoms with Crippen molar-refractivity contribution in [3.63, 3.8) is 0 Å². The number of nitrogens with zero attached hydrogens (tertiary/aromatic N) is 3. The van der Waals surface area contributed by atoms with Crippen molar-refractivity contribution in [3.05, 3.63) is 41.4 Å². The summed E-state index contributed by atoms with van der Waals surface area (Å²) in [4.78, 5) is 20.2. The number of carbonyl (C=O) groups excluding carboxylic acids is 1. The number of amides is 1. The lowest BCUT2D eigenvalue weighted by atomic mass is 10.3. The van der Waals surface area contributed by atoms with Crippen molar-refractivity contribution in [2.45, 2.75) is 0 Å². The summed E-state index contributed by atoms with van der Waals surface area (Å²) in [6.45, 7) is 2.26. The monoisotopic (exact) mass is 339 g/mol. The minimum atomic E-state index is -0.814. The van der Waals surface area contributed by atoms with E-state index in [9.17, 15) is 13.6 Å². The first-order valence-electron chi connectivity index (χ1n) is 7.13. The van der Waals surface area contributed by atoms with Gasteiger partial charge in [0.05, 0.1) is 0 Å². The number of halogens is 2. The van der Waals surface area contributed by atoms with E-state index in [2.05, 4.69) is 9.88 Å². The molecule has 23 heavy (non-hydrogen) atoms. The molecule has 0 N–H and O–H groups in total. The van der Waals surface area contributed by atoms with Gasteiger partial charge in [-0.05, 0) is 12.1 Å². The van der Waals surface area contributed by atoms with Gasteiger partial charge in [0.25, 0.3) is 5.91 Å². The van der Waals surface area contributed by atoms with Crippen molar-refractivity contribution in [1.29, 1.82) is 0 Å². The molecule has 2 heterocycles. The molecule has 0 saturated carbocycles. The highest BCUT2D eigenvalue weighted by Gasteiger charge is 2.22. The van der Waals surface area contributed by atoms with Crippen molar-refractivity contribution >= 4 is 22.4 Å². The third-order valence-corrected chi connectivity index (χ3v) is 4.40. The summed E-state index contributed by atoms with van der Waals surface area (Å²) < 4.78 is 31.4. The summed E-state index contributed by atoms with van der Waals surface area (Å²) in [5.74, 6) is -1.83. The van der Waals surface area contributed by atoms with Crippen LogP contribution < -0.4 is 9.64 Å². The van der Waals surface area contributed by atoms with Crippen LogP contribution in [0.4, 0.5) is 13.9 Å². The first-order chi connectivity index (χ1) is 11.1. The molecule has 5 nitrogen and oxygen atoms in total. The second-order valence-corrected chi connectivity index (χ2v) is 5.92. The summed E-state index contributed by atoms with van der Waals surface area (Å²) in [7, 11) is 0. The molecule has 8 heteroatoms. The third kappa shape index (κ3) is 3.76. The van der Waals surface area contributed by atoms with Gasteiger partial charge in [0.15, 0.2) is 23.3 Å². The molecular weight excluding hydrogens is 324 g/mol. The third-order valence-electron chi connectivity index (χ3n) is 3.57. The van der Waals surface area contributed by atoms with Gasteiger partial charge in [-0.2, -0.15) is 0 Å². The Balaban J connectivity index is 1.50. The van der Waals surface area contributed by atoms with Crippen LogP contribution in [-0.4, -0.2) is 48.6 Å². The zero-order valence-electron chi connectivity index (χ0n) is 12.2. The molecule has 1 amide bonds. The molecule has 1 aliphatic rings. The van der Waals surface area contributed by atoms with E-state index in [4.69, 9.17) is 4.74 Å². The quantitative estimate of drug-likeness (QED) is 0.856. The smallest absolute Gasteiger partial charge is 0.260 e. The lowest BCUT2D eigenvalue weighted by Gasteiger charge is -2.34. The number of ether oxygens (including phenoxy) is 1. The summed E-state index contributed by atoms with van der Waals surface area (Å²) in [6.07, 6.45) is 1.75. The van der Waals surface area contributed by atoms with Crippen molar-refractivity contribution in [2.75, 3.05) is 37.7 Å². The van der Waals surface area contributed by atoms with E-state index < -0.39 is 11.6 Å². The van der Waals surface area contributed by atoms with Crippen molar-refractivity contribution < 1.29 is 18.3 Å². The highest BCUT2D eigenvalue weighted by molar-refractivity contribution is 7.13. The average Bonchev–Trinajstić information content (AvgIpc) is 3.08. The summed E-state index contributed by atoms with van der Waals surface area (Å²) in [5, 5.41) is 2.86. The molecule has 1 aliphatic heterocycles. The van der Waals surface area contributed by atoms with Crippen molar-refractivity contribution in [3.8, 4) is 5.75 Å². The van der Waals surface area contributed by atoms with Crippen LogP contribution in [0, 0.1) is 11.6 Å². The molecule has 0 radical (unpaired) electrons. The highest BCUT2D eigenvalue weighted by Crippen LogP contribution is 2.20. The van der Waals surface area contributed by atoms with Gasteiger partial charge in [-0.3, -0.25) is 4.79 Å². The lowest BCUT2D eigenvalue weighted by molar-refractivity contribution is -0.133. The van der Waals surface area contributed by atoms with Crippen LogP contribution in [0.25, 0.3) is 0 Å². The lowest BCUT2D eigenvalue weighted by Crippen LogP contribution is -2.50. The molecule has 0 atom stereocenters. The predicted molar refractivity (Wildman–Crippen MR) is 82.8 cm³/mol. The molecule has 3 rings (SSSR count). The van der Waals surface area contributed by atoms with Crippen LogP contribution in [0.3, 0.4) is 0 Å². The number of rotatable bonds is 4. The van der Waals surface area contributed by atoms with E-state index in [1.165, 1.54) is 6.07 Å². The minimum Gasteiger partial charge on any atom is -0.481 e. The number of thiazole rings is 1. The molecule has 1 aromatic carbocycles. The van der Waals surface area contributed by atoms with E-state index in [1.807, 2.05) is 5.38 Å². The van der Waals surface area contributed by atoms with Gasteiger partial charge >= 0.3 is 0 Å². The molecule has 1 saturated heterocycles. The standard InChI is InChI=1S/C15H15F2N3O2S/c16-11-1-2-13(12(17)9-11)22-10-14(21)19-4-6-20(7-5-19)15-18-3-8-23-15/h1-3,8-9H,4-7,10H2. The summed E-state index contributed by atoms with van der Waals surface area (Å²) >= 11 is 1.56. The number of piperazine rings is 1. The number of carbonyl (C=O) groups is 1. The van der Waals surface area contributed by atoms with Crippen LogP contribution in [0.5, 0.6) is 5.75 Å². The van der Waals surface area contributed by atoms with Gasteiger partial charge in [-0.15, -0.1) is 11.3 Å². The van der Waals surface area contributed by atoms with Crippen LogP contribution in [0.15, 0.2) is 29.8 Å². The Hall–Kier alpha value is -2.22.